The SMILES string of the molecule is CCNC(=NCc1cccc(OC)c1)NCc1ccc(COCC(F)(F)F)cc1. The van der Waals surface area contributed by atoms with E-state index in [1.165, 1.54) is 0 Å². The highest BCUT2D eigenvalue weighted by atomic mass is 19.4. The number of benzene rings is 2. The lowest BCUT2D eigenvalue weighted by Crippen LogP contribution is -2.36. The number of aliphatic imine (C=N–C) groups is 1. The number of alkyl halides is 3. The van der Waals surface area contributed by atoms with Gasteiger partial charge in [-0.3, -0.25) is 0 Å². The molecule has 0 aliphatic carbocycles. The zero-order valence-electron chi connectivity index (χ0n) is 16.6. The molecule has 0 aliphatic rings. The van der Waals surface area contributed by atoms with Crippen LogP contribution in [0.25, 0.3) is 0 Å². The number of nitrogens with zero attached hydrogens (tertiary/aromatic N) is 1. The van der Waals surface area contributed by atoms with Crippen LogP contribution in [-0.4, -0.2) is 32.4 Å². The van der Waals surface area contributed by atoms with E-state index in [2.05, 4.69) is 20.4 Å². The van der Waals surface area contributed by atoms with E-state index in [1.54, 1.807) is 19.2 Å². The zero-order chi connectivity index (χ0) is 21.1. The molecule has 5 nitrogen and oxygen atoms in total. The molecule has 0 fully saturated rings. The van der Waals surface area contributed by atoms with Gasteiger partial charge in [-0.25, -0.2) is 4.99 Å². The summed E-state index contributed by atoms with van der Waals surface area (Å²) in [4.78, 5) is 4.57. The van der Waals surface area contributed by atoms with Crippen molar-refractivity contribution in [1.82, 2.24) is 10.6 Å². The first-order valence-electron chi connectivity index (χ1n) is 9.27. The minimum atomic E-state index is -4.31. The first kappa shape index (κ1) is 22.5. The number of hydrogen-bond acceptors (Lipinski definition) is 3. The number of ether oxygens (including phenoxy) is 2. The third-order valence-corrected chi connectivity index (χ3v) is 3.92. The molecule has 29 heavy (non-hydrogen) atoms. The number of methoxy groups -OCH3 is 1. The Morgan fingerprint density at radius 3 is 2.38 bits per heavy atom. The second-order valence-electron chi connectivity index (χ2n) is 6.32. The minimum absolute atomic E-state index is 0.0716. The summed E-state index contributed by atoms with van der Waals surface area (Å²) in [7, 11) is 1.63. The van der Waals surface area contributed by atoms with Crippen molar-refractivity contribution in [3.8, 4) is 5.75 Å². The van der Waals surface area contributed by atoms with Crippen molar-refractivity contribution in [1.29, 1.82) is 0 Å². The van der Waals surface area contributed by atoms with E-state index in [1.807, 2.05) is 43.3 Å². The summed E-state index contributed by atoms with van der Waals surface area (Å²) in [5, 5.41) is 6.43. The van der Waals surface area contributed by atoms with Crippen LogP contribution in [0.3, 0.4) is 0 Å². The third kappa shape index (κ3) is 8.87. The van der Waals surface area contributed by atoms with Gasteiger partial charge in [-0.05, 0) is 35.7 Å². The fraction of sp³-hybridized carbons (Fsp3) is 0.381. The third-order valence-electron chi connectivity index (χ3n) is 3.92. The fourth-order valence-electron chi connectivity index (χ4n) is 2.51. The molecule has 0 atom stereocenters. The second kappa shape index (κ2) is 11.3. The Morgan fingerprint density at radius 1 is 1.00 bits per heavy atom. The van der Waals surface area contributed by atoms with Crippen LogP contribution in [0.5, 0.6) is 5.75 Å². The molecule has 0 saturated heterocycles. The van der Waals surface area contributed by atoms with E-state index in [4.69, 9.17) is 4.74 Å². The largest absolute Gasteiger partial charge is 0.497 e. The Kier molecular flexibility index (Phi) is 8.79. The Morgan fingerprint density at radius 2 is 1.72 bits per heavy atom. The Labute approximate surface area is 168 Å². The molecule has 0 amide bonds. The molecule has 2 aromatic rings. The molecule has 2 N–H and O–H groups in total. The summed E-state index contributed by atoms with van der Waals surface area (Å²) in [6.45, 7) is 2.43. The van der Waals surface area contributed by atoms with Gasteiger partial charge in [0.05, 0.1) is 20.3 Å². The van der Waals surface area contributed by atoms with E-state index in [0.29, 0.717) is 24.6 Å². The normalized spacial score (nSPS) is 12.0. The molecule has 0 unspecified atom stereocenters. The van der Waals surface area contributed by atoms with Crippen LogP contribution in [0.4, 0.5) is 13.2 Å². The van der Waals surface area contributed by atoms with Gasteiger partial charge in [-0.2, -0.15) is 13.2 Å². The first-order chi connectivity index (χ1) is 13.9. The summed E-state index contributed by atoms with van der Waals surface area (Å²) in [5.74, 6) is 1.46. The molecular formula is C21H26F3N3O2. The fourth-order valence-corrected chi connectivity index (χ4v) is 2.51. The monoisotopic (exact) mass is 409 g/mol. The van der Waals surface area contributed by atoms with Crippen LogP contribution in [-0.2, 0) is 24.4 Å². The van der Waals surface area contributed by atoms with Crippen molar-refractivity contribution in [2.75, 3.05) is 20.3 Å². The Bertz CT molecular complexity index is 777. The van der Waals surface area contributed by atoms with E-state index in [-0.39, 0.29) is 6.61 Å². The molecule has 0 saturated carbocycles. The predicted octanol–water partition coefficient (Wildman–Crippen LogP) is 4.03. The highest BCUT2D eigenvalue weighted by Crippen LogP contribution is 2.16. The topological polar surface area (TPSA) is 54.9 Å². The maximum Gasteiger partial charge on any atom is 0.411 e. The highest BCUT2D eigenvalue weighted by molar-refractivity contribution is 5.79. The Balaban J connectivity index is 1.87. The van der Waals surface area contributed by atoms with Gasteiger partial charge in [-0.15, -0.1) is 0 Å². The molecular weight excluding hydrogens is 383 g/mol. The van der Waals surface area contributed by atoms with Gasteiger partial charge < -0.3 is 20.1 Å². The van der Waals surface area contributed by atoms with Gasteiger partial charge in [0.15, 0.2) is 5.96 Å². The van der Waals surface area contributed by atoms with E-state index in [9.17, 15) is 13.2 Å². The molecule has 2 rings (SSSR count). The maximum atomic E-state index is 12.1. The summed E-state index contributed by atoms with van der Waals surface area (Å²) < 4.78 is 46.2. The van der Waals surface area contributed by atoms with Crippen molar-refractivity contribution in [3.63, 3.8) is 0 Å². The average molecular weight is 409 g/mol. The van der Waals surface area contributed by atoms with Gasteiger partial charge in [-0.1, -0.05) is 36.4 Å². The molecule has 0 aliphatic heterocycles. The molecule has 0 heterocycles. The lowest BCUT2D eigenvalue weighted by Gasteiger charge is -2.12. The number of nitrogens with one attached hydrogen (secondary N) is 2. The number of rotatable bonds is 9. The summed E-state index contributed by atoms with van der Waals surface area (Å²) in [6.07, 6.45) is -4.31. The maximum absolute atomic E-state index is 12.1. The number of hydrogen-bond donors (Lipinski definition) is 2. The summed E-state index contributed by atoms with van der Waals surface area (Å²) in [5.41, 5.74) is 2.71. The van der Waals surface area contributed by atoms with Gasteiger partial charge >= 0.3 is 6.18 Å². The van der Waals surface area contributed by atoms with Crippen molar-refractivity contribution >= 4 is 5.96 Å². The van der Waals surface area contributed by atoms with Crippen molar-refractivity contribution < 1.29 is 22.6 Å². The van der Waals surface area contributed by atoms with E-state index >= 15 is 0 Å². The van der Waals surface area contributed by atoms with Crippen LogP contribution in [0.1, 0.15) is 23.6 Å². The van der Waals surface area contributed by atoms with Crippen molar-refractivity contribution in [2.45, 2.75) is 32.8 Å². The van der Waals surface area contributed by atoms with Crippen LogP contribution in [0.15, 0.2) is 53.5 Å². The second-order valence-corrected chi connectivity index (χ2v) is 6.32. The van der Waals surface area contributed by atoms with E-state index in [0.717, 1.165) is 23.4 Å². The molecule has 0 radical (unpaired) electrons. The number of halogens is 3. The molecule has 0 bridgehead atoms. The smallest absolute Gasteiger partial charge is 0.411 e. The van der Waals surface area contributed by atoms with Gasteiger partial charge in [0, 0.05) is 13.1 Å². The van der Waals surface area contributed by atoms with Crippen molar-refractivity contribution in [3.05, 3.63) is 65.2 Å². The van der Waals surface area contributed by atoms with Crippen LogP contribution in [0.2, 0.25) is 0 Å². The van der Waals surface area contributed by atoms with Crippen LogP contribution >= 0.6 is 0 Å². The summed E-state index contributed by atoms with van der Waals surface area (Å²) in [6, 6.07) is 14.9. The number of guanidine groups is 1. The van der Waals surface area contributed by atoms with Crippen LogP contribution in [0, 0.1) is 0 Å². The van der Waals surface area contributed by atoms with Gasteiger partial charge in [0.1, 0.15) is 12.4 Å². The zero-order valence-corrected chi connectivity index (χ0v) is 16.6. The first-order valence-corrected chi connectivity index (χ1v) is 9.27. The average Bonchev–Trinajstić information content (AvgIpc) is 2.70. The molecule has 0 aromatic heterocycles. The minimum Gasteiger partial charge on any atom is -0.497 e. The quantitative estimate of drug-likeness (QED) is 0.485. The Hall–Kier alpha value is -2.74. The summed E-state index contributed by atoms with van der Waals surface area (Å²) >= 11 is 0. The molecule has 158 valence electrons. The standard InChI is InChI=1S/C21H26F3N3O2/c1-3-25-20(27-13-18-5-4-6-19(11-18)28-2)26-12-16-7-9-17(10-8-16)14-29-15-21(22,23)24/h4-11H,3,12-15H2,1-2H3,(H2,25,26,27). The predicted molar refractivity (Wildman–Crippen MR) is 107 cm³/mol. The molecule has 2 aromatic carbocycles. The lowest BCUT2D eigenvalue weighted by molar-refractivity contribution is -0.176. The van der Waals surface area contributed by atoms with Gasteiger partial charge in [0.2, 0.25) is 0 Å². The van der Waals surface area contributed by atoms with E-state index < -0.39 is 12.8 Å². The lowest BCUT2D eigenvalue weighted by atomic mass is 10.1. The van der Waals surface area contributed by atoms with Gasteiger partial charge in [0.25, 0.3) is 0 Å². The molecule has 8 heteroatoms. The van der Waals surface area contributed by atoms with Crippen molar-refractivity contribution in [2.24, 2.45) is 4.99 Å². The highest BCUT2D eigenvalue weighted by Gasteiger charge is 2.27. The van der Waals surface area contributed by atoms with Crippen LogP contribution < -0.4 is 15.4 Å². The molecule has 0 spiro atoms.